The largest absolute Gasteiger partial charge is 0.481 e. The zero-order chi connectivity index (χ0) is 12.0. The Morgan fingerprint density at radius 1 is 1.75 bits per heavy atom. The molecule has 6 heteroatoms. The van der Waals surface area contributed by atoms with Crippen LogP contribution in [0.25, 0.3) is 0 Å². The summed E-state index contributed by atoms with van der Waals surface area (Å²) in [4.78, 5) is 18.2. The highest BCUT2D eigenvalue weighted by Gasteiger charge is 2.07. The van der Waals surface area contributed by atoms with Gasteiger partial charge in [0.2, 0.25) is 5.95 Å². The number of carboxylic acid groups (broad SMARTS) is 1. The van der Waals surface area contributed by atoms with Gasteiger partial charge in [0.1, 0.15) is 11.8 Å². The Morgan fingerprint density at radius 2 is 2.50 bits per heavy atom. The number of carbonyl (C=O) groups is 1. The van der Waals surface area contributed by atoms with Crippen LogP contribution in [0.15, 0.2) is 12.3 Å². The molecule has 1 aromatic rings. The number of nitrogens with one attached hydrogen (secondary N) is 1. The molecule has 1 aromatic heterocycles. The van der Waals surface area contributed by atoms with Crippen LogP contribution in [0.5, 0.6) is 0 Å². The van der Waals surface area contributed by atoms with Crippen LogP contribution in [-0.2, 0) is 4.79 Å². The monoisotopic (exact) mass is 220 g/mol. The highest BCUT2D eigenvalue weighted by atomic mass is 16.4. The minimum Gasteiger partial charge on any atom is -0.481 e. The quantitative estimate of drug-likeness (QED) is 0.768. The highest BCUT2D eigenvalue weighted by molar-refractivity contribution is 5.66. The molecule has 1 unspecified atom stereocenters. The molecule has 0 bridgehead atoms. The first-order valence-corrected chi connectivity index (χ1v) is 4.83. The Hall–Kier alpha value is -2.16. The normalized spacial score (nSPS) is 11.5. The number of hydrogen-bond donors (Lipinski definition) is 2. The fourth-order valence-electron chi connectivity index (χ4n) is 1.12. The van der Waals surface area contributed by atoms with Gasteiger partial charge in [0, 0.05) is 18.7 Å². The zero-order valence-corrected chi connectivity index (χ0v) is 8.84. The minimum atomic E-state index is -0.833. The smallest absolute Gasteiger partial charge is 0.303 e. The molecule has 0 aliphatic heterocycles. The van der Waals surface area contributed by atoms with Crippen LogP contribution in [-0.4, -0.2) is 27.1 Å². The molecule has 0 spiro atoms. The lowest BCUT2D eigenvalue weighted by Crippen LogP contribution is -2.18. The van der Waals surface area contributed by atoms with E-state index in [1.54, 1.807) is 0 Å². The highest BCUT2D eigenvalue weighted by Crippen LogP contribution is 2.05. The first-order chi connectivity index (χ1) is 7.61. The average Bonchev–Trinajstić information content (AvgIpc) is 2.26. The van der Waals surface area contributed by atoms with Crippen molar-refractivity contribution in [2.45, 2.75) is 25.8 Å². The maximum absolute atomic E-state index is 10.4. The molecule has 84 valence electrons. The molecular weight excluding hydrogens is 208 g/mol. The van der Waals surface area contributed by atoms with Gasteiger partial charge < -0.3 is 10.4 Å². The second-order valence-electron chi connectivity index (χ2n) is 3.36. The first kappa shape index (κ1) is 11.9. The Kier molecular flexibility index (Phi) is 4.21. The van der Waals surface area contributed by atoms with Crippen molar-refractivity contribution in [3.05, 3.63) is 18.0 Å². The van der Waals surface area contributed by atoms with Crippen molar-refractivity contribution < 1.29 is 9.90 Å². The van der Waals surface area contributed by atoms with E-state index in [2.05, 4.69) is 15.3 Å². The first-order valence-electron chi connectivity index (χ1n) is 4.83. The minimum absolute atomic E-state index is 0.0509. The molecule has 1 rings (SSSR count). The molecule has 6 nitrogen and oxygen atoms in total. The molecule has 1 atom stereocenters. The number of anilines is 1. The summed E-state index contributed by atoms with van der Waals surface area (Å²) < 4.78 is 0. The zero-order valence-electron chi connectivity index (χ0n) is 8.84. The van der Waals surface area contributed by atoms with Crippen LogP contribution in [0.4, 0.5) is 5.95 Å². The molecule has 16 heavy (non-hydrogen) atoms. The van der Waals surface area contributed by atoms with E-state index < -0.39 is 5.97 Å². The molecule has 0 aliphatic rings. The molecule has 0 radical (unpaired) electrons. The van der Waals surface area contributed by atoms with Crippen molar-refractivity contribution in [3.8, 4) is 6.07 Å². The van der Waals surface area contributed by atoms with Gasteiger partial charge in [-0.2, -0.15) is 5.26 Å². The van der Waals surface area contributed by atoms with Crippen molar-refractivity contribution >= 4 is 11.9 Å². The summed E-state index contributed by atoms with van der Waals surface area (Å²) >= 11 is 0. The summed E-state index contributed by atoms with van der Waals surface area (Å²) in [7, 11) is 0. The lowest BCUT2D eigenvalue weighted by atomic mass is 10.2. The Labute approximate surface area is 93.0 Å². The number of rotatable bonds is 5. The summed E-state index contributed by atoms with van der Waals surface area (Å²) in [5.41, 5.74) is 0.280. The van der Waals surface area contributed by atoms with Crippen LogP contribution in [0.1, 0.15) is 25.5 Å². The van der Waals surface area contributed by atoms with Gasteiger partial charge in [0.15, 0.2) is 0 Å². The van der Waals surface area contributed by atoms with E-state index in [1.165, 1.54) is 12.3 Å². The number of nitrogens with zero attached hydrogens (tertiary/aromatic N) is 3. The number of carboxylic acids is 1. The number of aromatic nitrogens is 2. The topological polar surface area (TPSA) is 98.9 Å². The van der Waals surface area contributed by atoms with Crippen molar-refractivity contribution in [2.24, 2.45) is 0 Å². The summed E-state index contributed by atoms with van der Waals surface area (Å²) in [6.45, 7) is 1.84. The standard InChI is InChI=1S/C10H12N4O2/c1-7(2-3-9(15)16)13-10-12-5-4-8(6-11)14-10/h4-5,7H,2-3H2,1H3,(H,15,16)(H,12,13,14). The van der Waals surface area contributed by atoms with Crippen LogP contribution in [0, 0.1) is 11.3 Å². The fraction of sp³-hybridized carbons (Fsp3) is 0.400. The van der Waals surface area contributed by atoms with Gasteiger partial charge >= 0.3 is 5.97 Å². The number of nitriles is 1. The Bertz CT molecular complexity index is 414. The van der Waals surface area contributed by atoms with Crippen molar-refractivity contribution in [1.82, 2.24) is 9.97 Å². The van der Waals surface area contributed by atoms with Gasteiger partial charge in [-0.15, -0.1) is 0 Å². The van der Waals surface area contributed by atoms with Crippen molar-refractivity contribution in [3.63, 3.8) is 0 Å². The molecule has 0 aliphatic carbocycles. The second-order valence-corrected chi connectivity index (χ2v) is 3.36. The molecule has 0 fully saturated rings. The lowest BCUT2D eigenvalue weighted by Gasteiger charge is -2.11. The van der Waals surface area contributed by atoms with E-state index in [-0.39, 0.29) is 18.2 Å². The van der Waals surface area contributed by atoms with Gasteiger partial charge in [-0.1, -0.05) is 0 Å². The van der Waals surface area contributed by atoms with Gasteiger partial charge in [0.25, 0.3) is 0 Å². The Balaban J connectivity index is 2.52. The van der Waals surface area contributed by atoms with E-state index in [9.17, 15) is 4.79 Å². The second kappa shape index (κ2) is 5.66. The van der Waals surface area contributed by atoms with E-state index >= 15 is 0 Å². The van der Waals surface area contributed by atoms with E-state index in [0.717, 1.165) is 0 Å². The molecule has 0 amide bonds. The van der Waals surface area contributed by atoms with Crippen molar-refractivity contribution in [1.29, 1.82) is 5.26 Å². The molecule has 0 aromatic carbocycles. The Morgan fingerprint density at radius 3 is 3.12 bits per heavy atom. The van der Waals surface area contributed by atoms with Gasteiger partial charge in [0.05, 0.1) is 0 Å². The number of hydrogen-bond acceptors (Lipinski definition) is 5. The third-order valence-electron chi connectivity index (χ3n) is 1.94. The van der Waals surface area contributed by atoms with E-state index in [0.29, 0.717) is 12.4 Å². The fourth-order valence-corrected chi connectivity index (χ4v) is 1.12. The summed E-state index contributed by atoms with van der Waals surface area (Å²) in [6.07, 6.45) is 2.05. The molecule has 0 saturated carbocycles. The summed E-state index contributed by atoms with van der Waals surface area (Å²) in [5.74, 6) is -0.489. The van der Waals surface area contributed by atoms with Crippen LogP contribution < -0.4 is 5.32 Å². The maximum Gasteiger partial charge on any atom is 0.303 e. The lowest BCUT2D eigenvalue weighted by molar-refractivity contribution is -0.137. The third-order valence-corrected chi connectivity index (χ3v) is 1.94. The third kappa shape index (κ3) is 3.92. The van der Waals surface area contributed by atoms with Gasteiger partial charge in [-0.3, -0.25) is 4.79 Å². The van der Waals surface area contributed by atoms with Gasteiger partial charge in [-0.25, -0.2) is 9.97 Å². The molecule has 0 saturated heterocycles. The van der Waals surface area contributed by atoms with Crippen LogP contribution >= 0.6 is 0 Å². The predicted molar refractivity (Wildman–Crippen MR) is 56.7 cm³/mol. The van der Waals surface area contributed by atoms with Crippen LogP contribution in [0.3, 0.4) is 0 Å². The van der Waals surface area contributed by atoms with Crippen LogP contribution in [0.2, 0.25) is 0 Å². The molecule has 1 heterocycles. The molecule has 2 N–H and O–H groups in total. The summed E-state index contributed by atoms with van der Waals surface area (Å²) in [6, 6.07) is 3.36. The summed E-state index contributed by atoms with van der Waals surface area (Å²) in [5, 5.41) is 20.1. The van der Waals surface area contributed by atoms with E-state index in [1.807, 2.05) is 13.0 Å². The maximum atomic E-state index is 10.4. The predicted octanol–water partition coefficient (Wildman–Crippen LogP) is 1.01. The SMILES string of the molecule is CC(CCC(=O)O)Nc1nccc(C#N)n1. The average molecular weight is 220 g/mol. The van der Waals surface area contributed by atoms with E-state index in [4.69, 9.17) is 10.4 Å². The number of aliphatic carboxylic acids is 1. The van der Waals surface area contributed by atoms with Gasteiger partial charge in [-0.05, 0) is 19.4 Å². The molecular formula is C10H12N4O2. The van der Waals surface area contributed by atoms with Crippen molar-refractivity contribution in [2.75, 3.05) is 5.32 Å².